The second kappa shape index (κ2) is 58.4. The third kappa shape index (κ3) is 54.9. The predicted molar refractivity (Wildman–Crippen MR) is 299 cm³/mol. The molecule has 3 N–H and O–H groups in total. The van der Waals surface area contributed by atoms with Crippen LogP contribution >= 0.6 is 0 Å². The molecule has 392 valence electrons. The van der Waals surface area contributed by atoms with E-state index >= 15 is 0 Å². The van der Waals surface area contributed by atoms with Crippen LogP contribution in [0.3, 0.4) is 0 Å². The highest BCUT2D eigenvalue weighted by atomic mass is 16.3. The van der Waals surface area contributed by atoms with Crippen LogP contribution in [0.25, 0.3) is 0 Å². The fourth-order valence-corrected chi connectivity index (χ4v) is 9.13. The summed E-state index contributed by atoms with van der Waals surface area (Å²) in [6.45, 7) is 4.32. The average Bonchev–Trinajstić information content (AvgIpc) is 3.33. The van der Waals surface area contributed by atoms with Crippen molar-refractivity contribution in [3.05, 3.63) is 60.8 Å². The van der Waals surface area contributed by atoms with Crippen molar-refractivity contribution >= 4 is 5.91 Å². The Morgan fingerprint density at radius 1 is 0.358 bits per heavy atom. The van der Waals surface area contributed by atoms with Crippen LogP contribution in [-0.2, 0) is 4.79 Å². The van der Waals surface area contributed by atoms with Gasteiger partial charge in [-0.05, 0) is 77.0 Å². The van der Waals surface area contributed by atoms with E-state index in [1.165, 1.54) is 250 Å². The molecule has 1 amide bonds. The second-order valence-electron chi connectivity index (χ2n) is 20.4. The Labute approximate surface area is 419 Å². The third-order valence-electron chi connectivity index (χ3n) is 13.7. The molecule has 67 heavy (non-hydrogen) atoms. The monoisotopic (exact) mass is 936 g/mol. The highest BCUT2D eigenvalue weighted by molar-refractivity contribution is 5.76. The molecule has 0 saturated heterocycles. The zero-order valence-corrected chi connectivity index (χ0v) is 45.2. The van der Waals surface area contributed by atoms with E-state index in [0.29, 0.717) is 6.42 Å². The van der Waals surface area contributed by atoms with Crippen molar-refractivity contribution in [3.8, 4) is 0 Å². The van der Waals surface area contributed by atoms with Gasteiger partial charge < -0.3 is 15.5 Å². The Kier molecular flexibility index (Phi) is 56.7. The van der Waals surface area contributed by atoms with Crippen molar-refractivity contribution in [2.45, 2.75) is 328 Å². The van der Waals surface area contributed by atoms with Gasteiger partial charge in [0.15, 0.2) is 0 Å². The van der Waals surface area contributed by atoms with Gasteiger partial charge in [-0.1, -0.05) is 293 Å². The molecule has 0 aliphatic carbocycles. The lowest BCUT2D eigenvalue weighted by Gasteiger charge is -2.19. The number of carbonyl (C=O) groups excluding carboxylic acids is 1. The summed E-state index contributed by atoms with van der Waals surface area (Å²) < 4.78 is 0. The summed E-state index contributed by atoms with van der Waals surface area (Å²) in [5, 5.41) is 23.2. The van der Waals surface area contributed by atoms with Crippen LogP contribution < -0.4 is 5.32 Å². The van der Waals surface area contributed by atoms with Gasteiger partial charge in [0.2, 0.25) is 5.91 Å². The number of carbonyl (C=O) groups is 1. The number of allylic oxidation sites excluding steroid dienone is 9. The summed E-state index contributed by atoms with van der Waals surface area (Å²) in [7, 11) is 0. The molecular formula is C63H117NO3. The first kappa shape index (κ1) is 65.1. The minimum absolute atomic E-state index is 0.0755. The lowest BCUT2D eigenvalue weighted by molar-refractivity contribution is -0.123. The Balaban J connectivity index is 3.53. The van der Waals surface area contributed by atoms with Crippen molar-refractivity contribution in [1.82, 2.24) is 5.32 Å². The smallest absolute Gasteiger partial charge is 0.220 e. The molecule has 4 nitrogen and oxygen atoms in total. The van der Waals surface area contributed by atoms with Gasteiger partial charge in [-0.25, -0.2) is 0 Å². The maximum Gasteiger partial charge on any atom is 0.220 e. The molecule has 0 bridgehead atoms. The van der Waals surface area contributed by atoms with E-state index in [2.05, 4.69) is 67.8 Å². The van der Waals surface area contributed by atoms with Crippen molar-refractivity contribution < 1.29 is 15.0 Å². The first-order valence-electron chi connectivity index (χ1n) is 30.0. The summed E-state index contributed by atoms with van der Waals surface area (Å²) in [5.41, 5.74) is 0. The highest BCUT2D eigenvalue weighted by Gasteiger charge is 2.18. The number of hydrogen-bond acceptors (Lipinski definition) is 3. The van der Waals surface area contributed by atoms with Crippen LogP contribution in [0.15, 0.2) is 60.8 Å². The number of nitrogens with one attached hydrogen (secondary N) is 1. The van der Waals surface area contributed by atoms with Gasteiger partial charge in [-0.15, -0.1) is 0 Å². The van der Waals surface area contributed by atoms with Gasteiger partial charge in [0.25, 0.3) is 0 Å². The maximum atomic E-state index is 12.5. The molecular weight excluding hydrogens is 819 g/mol. The summed E-state index contributed by atoms with van der Waals surface area (Å²) >= 11 is 0. The Morgan fingerprint density at radius 3 is 0.955 bits per heavy atom. The molecule has 2 atom stereocenters. The van der Waals surface area contributed by atoms with Gasteiger partial charge in [0.1, 0.15) is 0 Å². The van der Waals surface area contributed by atoms with E-state index < -0.39 is 12.1 Å². The minimum Gasteiger partial charge on any atom is -0.394 e. The van der Waals surface area contributed by atoms with Crippen LogP contribution in [0.1, 0.15) is 316 Å². The normalized spacial score (nSPS) is 13.2. The highest BCUT2D eigenvalue weighted by Crippen LogP contribution is 2.17. The topological polar surface area (TPSA) is 69.6 Å². The third-order valence-corrected chi connectivity index (χ3v) is 13.7. The molecule has 4 heteroatoms. The number of aliphatic hydroxyl groups is 2. The van der Waals surface area contributed by atoms with E-state index in [1.54, 1.807) is 6.08 Å². The Hall–Kier alpha value is -1.91. The number of unbranched alkanes of at least 4 members (excludes halogenated alkanes) is 40. The van der Waals surface area contributed by atoms with E-state index in [9.17, 15) is 15.0 Å². The largest absolute Gasteiger partial charge is 0.394 e. The SMILES string of the molecule is CCCCCCCCCCC/C=C\C/C=C\CCCCCCCCCCCCCCCCCC(=O)NC(CO)C(O)/C=C/CC/C=C/CC/C=C/CCCCCCCCCCCCCCCC. The number of amides is 1. The summed E-state index contributed by atoms with van der Waals surface area (Å²) in [6.07, 6.45) is 82.6. The fourth-order valence-electron chi connectivity index (χ4n) is 9.13. The molecule has 0 aromatic carbocycles. The molecule has 0 rings (SSSR count). The average molecular weight is 937 g/mol. The van der Waals surface area contributed by atoms with E-state index in [4.69, 9.17) is 0 Å². The molecule has 2 unspecified atom stereocenters. The molecule has 0 aliphatic heterocycles. The van der Waals surface area contributed by atoms with Gasteiger partial charge in [-0.3, -0.25) is 4.79 Å². The van der Waals surface area contributed by atoms with Gasteiger partial charge in [0.05, 0.1) is 18.8 Å². The fraction of sp³-hybridized carbons (Fsp3) is 0.825. The molecule has 0 heterocycles. The Morgan fingerprint density at radius 2 is 0.627 bits per heavy atom. The van der Waals surface area contributed by atoms with E-state index in [-0.39, 0.29) is 12.5 Å². The number of rotatable bonds is 55. The van der Waals surface area contributed by atoms with Crippen molar-refractivity contribution in [2.75, 3.05) is 6.61 Å². The summed E-state index contributed by atoms with van der Waals surface area (Å²) in [4.78, 5) is 12.5. The lowest BCUT2D eigenvalue weighted by atomic mass is 10.0. The quantitative estimate of drug-likeness (QED) is 0.0420. The van der Waals surface area contributed by atoms with Crippen LogP contribution in [-0.4, -0.2) is 34.9 Å². The molecule has 0 aliphatic rings. The van der Waals surface area contributed by atoms with Crippen LogP contribution in [0.4, 0.5) is 0 Å². The summed E-state index contributed by atoms with van der Waals surface area (Å²) in [5.74, 6) is -0.0755. The molecule has 0 aromatic heterocycles. The van der Waals surface area contributed by atoms with Crippen molar-refractivity contribution in [2.24, 2.45) is 0 Å². The van der Waals surface area contributed by atoms with E-state index in [0.717, 1.165) is 44.9 Å². The van der Waals surface area contributed by atoms with Crippen LogP contribution in [0, 0.1) is 0 Å². The first-order valence-corrected chi connectivity index (χ1v) is 30.0. The van der Waals surface area contributed by atoms with Gasteiger partial charge in [0, 0.05) is 6.42 Å². The second-order valence-corrected chi connectivity index (χ2v) is 20.4. The predicted octanol–water partition coefficient (Wildman–Crippen LogP) is 20.0. The zero-order valence-electron chi connectivity index (χ0n) is 45.2. The molecule has 0 spiro atoms. The zero-order chi connectivity index (χ0) is 48.5. The van der Waals surface area contributed by atoms with Crippen LogP contribution in [0.5, 0.6) is 0 Å². The van der Waals surface area contributed by atoms with Crippen molar-refractivity contribution in [3.63, 3.8) is 0 Å². The molecule has 0 aromatic rings. The lowest BCUT2D eigenvalue weighted by Crippen LogP contribution is -2.45. The molecule has 0 fully saturated rings. The first-order chi connectivity index (χ1) is 33.2. The number of hydrogen-bond donors (Lipinski definition) is 3. The maximum absolute atomic E-state index is 12.5. The summed E-state index contributed by atoms with van der Waals surface area (Å²) in [6, 6.07) is -0.648. The number of aliphatic hydroxyl groups excluding tert-OH is 2. The van der Waals surface area contributed by atoms with Crippen molar-refractivity contribution in [1.29, 1.82) is 0 Å². The standard InChI is InChI=1S/C63H117NO3/c1-3-5-7-9-11-13-15-17-19-21-23-25-27-29-30-31-32-33-34-35-37-39-41-43-45-47-49-51-53-55-57-59-63(67)64-61(60-65)62(66)58-56-54-52-50-48-46-44-42-40-38-36-28-26-24-22-20-18-16-14-12-10-8-6-4-2/h23,25,29-30,40,42,48,50,56,58,61-62,65-66H,3-22,24,26-28,31-39,41,43-47,49,51-55,57,59-60H2,1-2H3,(H,64,67)/b25-23-,30-29-,42-40+,50-48+,58-56+. The molecule has 0 radical (unpaired) electrons. The van der Waals surface area contributed by atoms with Crippen LogP contribution in [0.2, 0.25) is 0 Å². The molecule has 0 saturated carbocycles. The minimum atomic E-state index is -0.873. The van der Waals surface area contributed by atoms with Gasteiger partial charge >= 0.3 is 0 Å². The Bertz CT molecular complexity index is 1110. The van der Waals surface area contributed by atoms with Gasteiger partial charge in [-0.2, -0.15) is 0 Å². The van der Waals surface area contributed by atoms with E-state index in [1.807, 2.05) is 6.08 Å².